The molecule has 0 saturated carbocycles. The van der Waals surface area contributed by atoms with Crippen LogP contribution in [0.4, 0.5) is 0 Å². The first-order valence-corrected chi connectivity index (χ1v) is 4.88. The summed E-state index contributed by atoms with van der Waals surface area (Å²) in [6.45, 7) is 2.44. The Hall–Kier alpha value is -0.650. The minimum Gasteiger partial charge on any atom is -0.394 e. The molecule has 0 saturated heterocycles. The van der Waals surface area contributed by atoms with Crippen molar-refractivity contribution in [3.05, 3.63) is 0 Å². The summed E-state index contributed by atoms with van der Waals surface area (Å²) in [5.74, 6) is 5.52. The maximum Gasteiger partial charge on any atom is 0.243 e. The van der Waals surface area contributed by atoms with Gasteiger partial charge in [-0.15, -0.1) is 0 Å². The molecule has 14 heavy (non-hydrogen) atoms. The molecule has 84 valence electrons. The van der Waals surface area contributed by atoms with Gasteiger partial charge in [-0.1, -0.05) is 13.3 Å². The number of carbonyl (C=O) groups is 1. The Kier molecular flexibility index (Phi) is 6.44. The summed E-state index contributed by atoms with van der Waals surface area (Å²) in [6.07, 6.45) is 1.94. The van der Waals surface area contributed by atoms with Crippen LogP contribution in [0.3, 0.4) is 0 Å². The molecule has 0 aliphatic carbocycles. The number of aliphatic hydroxyl groups excluding tert-OH is 1. The second-order valence-corrected chi connectivity index (χ2v) is 3.52. The molecule has 0 aromatic heterocycles. The fraction of sp³-hybridized carbons (Fsp3) is 0.889. The van der Waals surface area contributed by atoms with Crippen LogP contribution in [-0.4, -0.2) is 54.2 Å². The molecule has 0 aromatic rings. The van der Waals surface area contributed by atoms with Crippen LogP contribution in [0.25, 0.3) is 0 Å². The van der Waals surface area contributed by atoms with Gasteiger partial charge in [-0.25, -0.2) is 5.01 Å². The van der Waals surface area contributed by atoms with E-state index in [9.17, 15) is 4.79 Å². The quantitative estimate of drug-likeness (QED) is 0.447. The maximum atomic E-state index is 11.5. The van der Waals surface area contributed by atoms with Gasteiger partial charge in [0.25, 0.3) is 0 Å². The first-order chi connectivity index (χ1) is 6.54. The Labute approximate surface area is 85.4 Å². The standard InChI is InChI=1S/C9H21N3O2/c1-4-5-6-12(10)8(7-13)9(14)11(2)3/h8,13H,4-7,10H2,1-3H3. The van der Waals surface area contributed by atoms with Crippen molar-refractivity contribution in [1.29, 1.82) is 0 Å². The highest BCUT2D eigenvalue weighted by atomic mass is 16.3. The van der Waals surface area contributed by atoms with Gasteiger partial charge < -0.3 is 10.0 Å². The molecule has 0 aliphatic heterocycles. The third-order valence-electron chi connectivity index (χ3n) is 2.07. The fourth-order valence-electron chi connectivity index (χ4n) is 1.12. The largest absolute Gasteiger partial charge is 0.394 e. The number of likely N-dealkylation sites (N-methyl/N-ethyl adjacent to an activating group) is 1. The van der Waals surface area contributed by atoms with Crippen LogP contribution in [-0.2, 0) is 4.79 Å². The lowest BCUT2D eigenvalue weighted by molar-refractivity contribution is -0.136. The minimum atomic E-state index is -0.614. The van der Waals surface area contributed by atoms with Crippen molar-refractivity contribution in [3.63, 3.8) is 0 Å². The third-order valence-corrected chi connectivity index (χ3v) is 2.07. The van der Waals surface area contributed by atoms with E-state index < -0.39 is 6.04 Å². The van der Waals surface area contributed by atoms with Gasteiger partial charge in [0.1, 0.15) is 6.04 Å². The van der Waals surface area contributed by atoms with E-state index in [0.29, 0.717) is 6.54 Å². The number of hydrogen-bond donors (Lipinski definition) is 2. The first-order valence-electron chi connectivity index (χ1n) is 4.88. The average Bonchev–Trinajstić information content (AvgIpc) is 2.15. The number of nitrogens with zero attached hydrogens (tertiary/aromatic N) is 2. The molecular weight excluding hydrogens is 182 g/mol. The number of hydrazine groups is 1. The molecule has 1 amide bonds. The highest BCUT2D eigenvalue weighted by Crippen LogP contribution is 1.99. The van der Waals surface area contributed by atoms with Crippen LogP contribution in [0.1, 0.15) is 19.8 Å². The Morgan fingerprint density at radius 1 is 1.50 bits per heavy atom. The molecule has 0 fully saturated rings. The van der Waals surface area contributed by atoms with Crippen molar-refractivity contribution < 1.29 is 9.90 Å². The van der Waals surface area contributed by atoms with Crippen LogP contribution in [0, 0.1) is 0 Å². The van der Waals surface area contributed by atoms with E-state index in [0.717, 1.165) is 12.8 Å². The predicted molar refractivity (Wildman–Crippen MR) is 55.4 cm³/mol. The molecule has 5 nitrogen and oxygen atoms in total. The van der Waals surface area contributed by atoms with Crippen molar-refractivity contribution in [1.82, 2.24) is 9.91 Å². The number of hydrogen-bond acceptors (Lipinski definition) is 4. The number of amides is 1. The lowest BCUT2D eigenvalue weighted by atomic mass is 10.2. The second-order valence-electron chi connectivity index (χ2n) is 3.52. The Morgan fingerprint density at radius 3 is 2.43 bits per heavy atom. The molecule has 1 unspecified atom stereocenters. The maximum absolute atomic E-state index is 11.5. The Morgan fingerprint density at radius 2 is 2.07 bits per heavy atom. The van der Waals surface area contributed by atoms with Crippen molar-refractivity contribution >= 4 is 5.91 Å². The van der Waals surface area contributed by atoms with Gasteiger partial charge in [0.05, 0.1) is 6.61 Å². The summed E-state index contributed by atoms with van der Waals surface area (Å²) in [5, 5.41) is 10.5. The van der Waals surface area contributed by atoms with Gasteiger partial charge in [-0.05, 0) is 6.42 Å². The molecule has 0 aliphatic rings. The molecule has 0 rings (SSSR count). The third kappa shape index (κ3) is 4.04. The van der Waals surface area contributed by atoms with Crippen molar-refractivity contribution in [2.45, 2.75) is 25.8 Å². The summed E-state index contributed by atoms with van der Waals surface area (Å²) in [6, 6.07) is -0.614. The summed E-state index contributed by atoms with van der Waals surface area (Å²) < 4.78 is 0. The summed E-state index contributed by atoms with van der Waals surface area (Å²) >= 11 is 0. The SMILES string of the molecule is CCCCN(N)C(CO)C(=O)N(C)C. The number of unbranched alkanes of at least 4 members (excludes halogenated alkanes) is 1. The number of rotatable bonds is 6. The van der Waals surface area contributed by atoms with E-state index in [2.05, 4.69) is 6.92 Å². The second kappa shape index (κ2) is 6.75. The topological polar surface area (TPSA) is 69.8 Å². The predicted octanol–water partition coefficient (Wildman–Crippen LogP) is -0.589. The van der Waals surface area contributed by atoms with Crippen molar-refractivity contribution in [3.8, 4) is 0 Å². The number of aliphatic hydroxyl groups is 1. The Bertz CT molecular complexity index is 173. The van der Waals surface area contributed by atoms with Crippen molar-refractivity contribution in [2.24, 2.45) is 5.84 Å². The van der Waals surface area contributed by atoms with Crippen LogP contribution in [0.2, 0.25) is 0 Å². The molecule has 0 aromatic carbocycles. The van der Waals surface area contributed by atoms with E-state index in [-0.39, 0.29) is 12.5 Å². The average molecular weight is 203 g/mol. The molecule has 0 spiro atoms. The van der Waals surface area contributed by atoms with E-state index >= 15 is 0 Å². The zero-order valence-corrected chi connectivity index (χ0v) is 9.23. The number of nitrogens with two attached hydrogens (primary N) is 1. The van der Waals surface area contributed by atoms with Crippen molar-refractivity contribution in [2.75, 3.05) is 27.2 Å². The van der Waals surface area contributed by atoms with Gasteiger partial charge in [-0.3, -0.25) is 10.6 Å². The molecular formula is C9H21N3O2. The summed E-state index contributed by atoms with van der Waals surface area (Å²) in [4.78, 5) is 13.0. The molecule has 0 bridgehead atoms. The van der Waals surface area contributed by atoms with Crippen LogP contribution in [0.5, 0.6) is 0 Å². The van der Waals surface area contributed by atoms with Crippen LogP contribution in [0.15, 0.2) is 0 Å². The van der Waals surface area contributed by atoms with Gasteiger partial charge in [0.15, 0.2) is 0 Å². The van der Waals surface area contributed by atoms with E-state index in [1.165, 1.54) is 9.91 Å². The zero-order valence-electron chi connectivity index (χ0n) is 9.23. The monoisotopic (exact) mass is 203 g/mol. The van der Waals surface area contributed by atoms with E-state index in [1.807, 2.05) is 0 Å². The van der Waals surface area contributed by atoms with Gasteiger partial charge in [-0.2, -0.15) is 0 Å². The van der Waals surface area contributed by atoms with Gasteiger partial charge in [0, 0.05) is 20.6 Å². The first kappa shape index (κ1) is 13.4. The van der Waals surface area contributed by atoms with Crippen LogP contribution < -0.4 is 5.84 Å². The summed E-state index contributed by atoms with van der Waals surface area (Å²) in [7, 11) is 3.30. The highest BCUT2D eigenvalue weighted by molar-refractivity contribution is 5.81. The van der Waals surface area contributed by atoms with E-state index in [4.69, 9.17) is 10.9 Å². The summed E-state index contributed by atoms with van der Waals surface area (Å²) in [5.41, 5.74) is 0. The highest BCUT2D eigenvalue weighted by Gasteiger charge is 2.23. The minimum absolute atomic E-state index is 0.161. The van der Waals surface area contributed by atoms with Gasteiger partial charge >= 0.3 is 0 Å². The molecule has 0 radical (unpaired) electrons. The lowest BCUT2D eigenvalue weighted by Gasteiger charge is -2.27. The van der Waals surface area contributed by atoms with Crippen LogP contribution >= 0.6 is 0 Å². The van der Waals surface area contributed by atoms with E-state index in [1.54, 1.807) is 14.1 Å². The molecule has 3 N–H and O–H groups in total. The molecule has 0 heterocycles. The van der Waals surface area contributed by atoms with Gasteiger partial charge in [0.2, 0.25) is 5.91 Å². The fourth-order valence-corrected chi connectivity index (χ4v) is 1.12. The molecule has 5 heteroatoms. The smallest absolute Gasteiger partial charge is 0.243 e. The Balaban J connectivity index is 4.17. The lowest BCUT2D eigenvalue weighted by Crippen LogP contribution is -2.52. The molecule has 1 atom stereocenters. The normalized spacial score (nSPS) is 13.0. The number of carbonyl (C=O) groups excluding carboxylic acids is 1. The zero-order chi connectivity index (χ0) is 11.1.